The smallest absolute Gasteiger partial charge is 0.105 e. The topological polar surface area (TPSA) is 42.4 Å². The van der Waals surface area contributed by atoms with E-state index in [0.29, 0.717) is 6.04 Å². The van der Waals surface area contributed by atoms with E-state index in [4.69, 9.17) is 10.2 Å². The average Bonchev–Trinajstić information content (AvgIpc) is 2.61. The third-order valence-corrected chi connectivity index (χ3v) is 2.74. The van der Waals surface area contributed by atoms with E-state index in [1.165, 1.54) is 6.42 Å². The van der Waals surface area contributed by atoms with E-state index in [0.717, 1.165) is 37.5 Å². The van der Waals surface area contributed by atoms with Crippen LogP contribution in [0.2, 0.25) is 0 Å². The van der Waals surface area contributed by atoms with Crippen LogP contribution >= 0.6 is 0 Å². The maximum Gasteiger partial charge on any atom is 0.105 e. The normalized spacial score (nSPS) is 13.3. The van der Waals surface area contributed by atoms with Crippen LogP contribution in [0.4, 0.5) is 0 Å². The largest absolute Gasteiger partial charge is 0.466 e. The van der Waals surface area contributed by atoms with Crippen LogP contribution in [-0.4, -0.2) is 31.1 Å². The number of furan rings is 1. The van der Waals surface area contributed by atoms with Crippen molar-refractivity contribution >= 4 is 0 Å². The molecule has 1 heterocycles. The fourth-order valence-electron chi connectivity index (χ4n) is 1.72. The van der Waals surface area contributed by atoms with E-state index in [2.05, 4.69) is 24.9 Å². The first-order valence-electron chi connectivity index (χ1n) is 6.07. The van der Waals surface area contributed by atoms with E-state index >= 15 is 0 Å². The van der Waals surface area contributed by atoms with Crippen molar-refractivity contribution < 1.29 is 4.42 Å². The summed E-state index contributed by atoms with van der Waals surface area (Å²) in [7, 11) is 2.15. The first-order chi connectivity index (χ1) is 7.58. The standard InChI is InChI=1S/C13H24N2O/c1-11(14)5-4-9-15(3)10-8-13-7-6-12(2)16-13/h6-7,11H,4-5,8-10,14H2,1-3H3. The first-order valence-corrected chi connectivity index (χ1v) is 6.07. The molecule has 0 aliphatic carbocycles. The van der Waals surface area contributed by atoms with Gasteiger partial charge in [0, 0.05) is 19.0 Å². The minimum absolute atomic E-state index is 0.320. The second-order valence-electron chi connectivity index (χ2n) is 4.69. The molecule has 0 radical (unpaired) electrons. The maximum absolute atomic E-state index is 5.71. The van der Waals surface area contributed by atoms with Crippen molar-refractivity contribution in [2.24, 2.45) is 5.73 Å². The molecule has 1 aromatic rings. The summed E-state index contributed by atoms with van der Waals surface area (Å²) in [6.07, 6.45) is 3.26. The van der Waals surface area contributed by atoms with E-state index in [-0.39, 0.29) is 0 Å². The monoisotopic (exact) mass is 224 g/mol. The fourth-order valence-corrected chi connectivity index (χ4v) is 1.72. The third kappa shape index (κ3) is 5.33. The van der Waals surface area contributed by atoms with Crippen LogP contribution < -0.4 is 5.73 Å². The molecule has 0 aromatic carbocycles. The van der Waals surface area contributed by atoms with Gasteiger partial charge in [0.25, 0.3) is 0 Å². The first kappa shape index (κ1) is 13.3. The van der Waals surface area contributed by atoms with Gasteiger partial charge in [-0.2, -0.15) is 0 Å². The van der Waals surface area contributed by atoms with Crippen molar-refractivity contribution in [2.75, 3.05) is 20.1 Å². The van der Waals surface area contributed by atoms with E-state index < -0.39 is 0 Å². The quantitative estimate of drug-likeness (QED) is 0.772. The highest BCUT2D eigenvalue weighted by molar-refractivity contribution is 5.05. The minimum Gasteiger partial charge on any atom is -0.466 e. The lowest BCUT2D eigenvalue weighted by molar-refractivity contribution is 0.315. The number of hydrogen-bond donors (Lipinski definition) is 1. The zero-order chi connectivity index (χ0) is 12.0. The van der Waals surface area contributed by atoms with Gasteiger partial charge in [-0.05, 0) is 52.4 Å². The summed E-state index contributed by atoms with van der Waals surface area (Å²) < 4.78 is 5.53. The van der Waals surface area contributed by atoms with Gasteiger partial charge in [-0.3, -0.25) is 0 Å². The van der Waals surface area contributed by atoms with Crippen molar-refractivity contribution in [3.05, 3.63) is 23.7 Å². The maximum atomic E-state index is 5.71. The Morgan fingerprint density at radius 3 is 2.69 bits per heavy atom. The van der Waals surface area contributed by atoms with Gasteiger partial charge < -0.3 is 15.1 Å². The van der Waals surface area contributed by atoms with E-state index in [1.54, 1.807) is 0 Å². The Labute approximate surface area is 98.6 Å². The Kier molecular flexibility index (Phi) is 5.56. The van der Waals surface area contributed by atoms with Crippen LogP contribution in [0.25, 0.3) is 0 Å². The van der Waals surface area contributed by atoms with Crippen molar-refractivity contribution in [1.29, 1.82) is 0 Å². The fraction of sp³-hybridized carbons (Fsp3) is 0.692. The molecule has 16 heavy (non-hydrogen) atoms. The highest BCUT2D eigenvalue weighted by atomic mass is 16.3. The number of nitrogens with two attached hydrogens (primary N) is 1. The highest BCUT2D eigenvalue weighted by Gasteiger charge is 2.03. The van der Waals surface area contributed by atoms with Gasteiger partial charge >= 0.3 is 0 Å². The van der Waals surface area contributed by atoms with Crippen LogP contribution in [0, 0.1) is 6.92 Å². The highest BCUT2D eigenvalue weighted by Crippen LogP contribution is 2.07. The second-order valence-corrected chi connectivity index (χ2v) is 4.69. The zero-order valence-corrected chi connectivity index (χ0v) is 10.7. The predicted molar refractivity (Wildman–Crippen MR) is 67.5 cm³/mol. The summed E-state index contributed by atoms with van der Waals surface area (Å²) in [4.78, 5) is 2.33. The summed E-state index contributed by atoms with van der Waals surface area (Å²) in [5.41, 5.74) is 5.71. The number of aryl methyl sites for hydroxylation is 1. The van der Waals surface area contributed by atoms with Crippen LogP contribution in [-0.2, 0) is 6.42 Å². The Bertz CT molecular complexity index is 294. The average molecular weight is 224 g/mol. The van der Waals surface area contributed by atoms with Crippen LogP contribution in [0.15, 0.2) is 16.5 Å². The molecule has 3 nitrogen and oxygen atoms in total. The molecule has 0 bridgehead atoms. The van der Waals surface area contributed by atoms with Gasteiger partial charge in [0.1, 0.15) is 11.5 Å². The van der Waals surface area contributed by atoms with Gasteiger partial charge in [0.05, 0.1) is 0 Å². The predicted octanol–water partition coefficient (Wildman–Crippen LogP) is 2.19. The van der Waals surface area contributed by atoms with Crippen LogP contribution in [0.5, 0.6) is 0 Å². The summed E-state index contributed by atoms with van der Waals surface area (Å²) in [5, 5.41) is 0. The van der Waals surface area contributed by atoms with Crippen LogP contribution in [0.1, 0.15) is 31.3 Å². The van der Waals surface area contributed by atoms with Gasteiger partial charge in [-0.15, -0.1) is 0 Å². The summed E-state index contributed by atoms with van der Waals surface area (Å²) in [6, 6.07) is 4.40. The molecule has 0 spiro atoms. The summed E-state index contributed by atoms with van der Waals surface area (Å²) in [5.74, 6) is 2.08. The minimum atomic E-state index is 0.320. The Morgan fingerprint density at radius 1 is 1.38 bits per heavy atom. The number of rotatable bonds is 7. The Hall–Kier alpha value is -0.800. The molecule has 1 unspecified atom stereocenters. The molecule has 0 saturated heterocycles. The molecule has 0 saturated carbocycles. The Morgan fingerprint density at radius 2 is 2.12 bits per heavy atom. The molecular formula is C13H24N2O. The van der Waals surface area contributed by atoms with E-state index in [9.17, 15) is 0 Å². The summed E-state index contributed by atoms with van der Waals surface area (Å²) in [6.45, 7) is 6.20. The molecule has 92 valence electrons. The van der Waals surface area contributed by atoms with Gasteiger partial charge in [-0.25, -0.2) is 0 Å². The van der Waals surface area contributed by atoms with Gasteiger partial charge in [0.2, 0.25) is 0 Å². The molecule has 0 aliphatic rings. The van der Waals surface area contributed by atoms with Crippen LogP contribution in [0.3, 0.4) is 0 Å². The van der Waals surface area contributed by atoms with Crippen molar-refractivity contribution in [2.45, 2.75) is 39.2 Å². The number of nitrogens with zero attached hydrogens (tertiary/aromatic N) is 1. The lowest BCUT2D eigenvalue weighted by atomic mass is 10.2. The molecule has 0 aliphatic heterocycles. The molecule has 2 N–H and O–H groups in total. The summed E-state index contributed by atoms with van der Waals surface area (Å²) >= 11 is 0. The van der Waals surface area contributed by atoms with Gasteiger partial charge in [0.15, 0.2) is 0 Å². The third-order valence-electron chi connectivity index (χ3n) is 2.74. The second kappa shape index (κ2) is 6.71. The number of hydrogen-bond acceptors (Lipinski definition) is 3. The molecule has 1 atom stereocenters. The van der Waals surface area contributed by atoms with Crippen molar-refractivity contribution in [1.82, 2.24) is 4.90 Å². The van der Waals surface area contributed by atoms with E-state index in [1.807, 2.05) is 13.0 Å². The van der Waals surface area contributed by atoms with Crippen molar-refractivity contribution in [3.8, 4) is 0 Å². The van der Waals surface area contributed by atoms with Gasteiger partial charge in [-0.1, -0.05) is 0 Å². The molecule has 0 amide bonds. The zero-order valence-electron chi connectivity index (χ0n) is 10.7. The molecule has 0 fully saturated rings. The number of likely N-dealkylation sites (N-methyl/N-ethyl adjacent to an activating group) is 1. The molecular weight excluding hydrogens is 200 g/mol. The molecule has 1 aromatic heterocycles. The lowest BCUT2D eigenvalue weighted by Gasteiger charge is -2.16. The molecule has 1 rings (SSSR count). The Balaban J connectivity index is 2.12. The molecule has 3 heteroatoms. The van der Waals surface area contributed by atoms with Crippen molar-refractivity contribution in [3.63, 3.8) is 0 Å². The lowest BCUT2D eigenvalue weighted by Crippen LogP contribution is -2.24. The SMILES string of the molecule is Cc1ccc(CCN(C)CCCC(C)N)o1.